The average molecular weight is 296 g/mol. The highest BCUT2D eigenvalue weighted by atomic mass is 16.5. The van der Waals surface area contributed by atoms with Crippen LogP contribution >= 0.6 is 0 Å². The van der Waals surface area contributed by atoms with Crippen molar-refractivity contribution < 1.29 is 9.53 Å². The quantitative estimate of drug-likeness (QED) is 0.819. The summed E-state index contributed by atoms with van der Waals surface area (Å²) in [6.45, 7) is 8.48. The summed E-state index contributed by atoms with van der Waals surface area (Å²) in [6.07, 6.45) is 6.61. The molecule has 122 valence electrons. The first-order valence-corrected chi connectivity index (χ1v) is 8.76. The first-order chi connectivity index (χ1) is 10.1. The normalized spacial score (nSPS) is 35.2. The molecule has 21 heavy (non-hydrogen) atoms. The standard InChI is InChI=1S/C17H32N2O2/c1-4-16(21-14-7-5-6-12(2)10-14)17(20)19-15-11-18-9-8-13(15)3/h12-16,18H,4-11H2,1-3H3,(H,19,20). The van der Waals surface area contributed by atoms with E-state index in [-0.39, 0.29) is 24.2 Å². The van der Waals surface area contributed by atoms with E-state index < -0.39 is 0 Å². The third kappa shape index (κ3) is 4.96. The number of hydrogen-bond acceptors (Lipinski definition) is 3. The van der Waals surface area contributed by atoms with Crippen LogP contribution in [0.15, 0.2) is 0 Å². The van der Waals surface area contributed by atoms with E-state index in [1.807, 2.05) is 6.92 Å². The van der Waals surface area contributed by atoms with Gasteiger partial charge in [-0.05, 0) is 44.1 Å². The van der Waals surface area contributed by atoms with Crippen LogP contribution in [0.25, 0.3) is 0 Å². The van der Waals surface area contributed by atoms with Crippen molar-refractivity contribution in [3.8, 4) is 0 Å². The first-order valence-electron chi connectivity index (χ1n) is 8.76. The van der Waals surface area contributed by atoms with Gasteiger partial charge in [0.15, 0.2) is 0 Å². The second-order valence-corrected chi connectivity index (χ2v) is 7.01. The number of carbonyl (C=O) groups excluding carboxylic acids is 1. The highest BCUT2D eigenvalue weighted by Crippen LogP contribution is 2.27. The molecule has 2 aliphatic rings. The summed E-state index contributed by atoms with van der Waals surface area (Å²) in [5.41, 5.74) is 0. The molecule has 5 atom stereocenters. The van der Waals surface area contributed by atoms with Gasteiger partial charge in [0, 0.05) is 12.6 Å². The molecule has 1 aliphatic heterocycles. The molecule has 2 fully saturated rings. The molecule has 5 unspecified atom stereocenters. The van der Waals surface area contributed by atoms with Crippen LogP contribution in [-0.4, -0.2) is 37.2 Å². The zero-order valence-corrected chi connectivity index (χ0v) is 13.9. The molecule has 4 heteroatoms. The van der Waals surface area contributed by atoms with Crippen molar-refractivity contribution in [2.75, 3.05) is 13.1 Å². The fourth-order valence-electron chi connectivity index (χ4n) is 3.54. The van der Waals surface area contributed by atoms with Crippen LogP contribution in [0.4, 0.5) is 0 Å². The summed E-state index contributed by atoms with van der Waals surface area (Å²) in [5, 5.41) is 6.55. The van der Waals surface area contributed by atoms with Crippen LogP contribution in [0.3, 0.4) is 0 Å². The SMILES string of the molecule is CCC(OC1CCCC(C)C1)C(=O)NC1CNCCC1C. The molecule has 1 heterocycles. The molecule has 1 aliphatic carbocycles. The fourth-order valence-corrected chi connectivity index (χ4v) is 3.54. The lowest BCUT2D eigenvalue weighted by atomic mass is 9.88. The average Bonchev–Trinajstić information content (AvgIpc) is 2.47. The summed E-state index contributed by atoms with van der Waals surface area (Å²) < 4.78 is 6.12. The van der Waals surface area contributed by atoms with Crippen molar-refractivity contribution in [2.45, 2.75) is 77.5 Å². The number of rotatable bonds is 5. The van der Waals surface area contributed by atoms with Gasteiger partial charge in [-0.15, -0.1) is 0 Å². The lowest BCUT2D eigenvalue weighted by molar-refractivity contribution is -0.140. The van der Waals surface area contributed by atoms with Crippen LogP contribution < -0.4 is 10.6 Å². The van der Waals surface area contributed by atoms with Gasteiger partial charge in [0.05, 0.1) is 6.10 Å². The Labute approximate surface area is 129 Å². The van der Waals surface area contributed by atoms with Gasteiger partial charge in [-0.2, -0.15) is 0 Å². The largest absolute Gasteiger partial charge is 0.365 e. The molecule has 0 spiro atoms. The van der Waals surface area contributed by atoms with Gasteiger partial charge in [0.25, 0.3) is 0 Å². The number of carbonyl (C=O) groups is 1. The van der Waals surface area contributed by atoms with E-state index >= 15 is 0 Å². The summed E-state index contributed by atoms with van der Waals surface area (Å²) in [6, 6.07) is 0.245. The van der Waals surface area contributed by atoms with Gasteiger partial charge in [0.1, 0.15) is 6.10 Å². The van der Waals surface area contributed by atoms with Gasteiger partial charge in [0.2, 0.25) is 5.91 Å². The Bertz CT molecular complexity index is 335. The molecular formula is C17H32N2O2. The number of ether oxygens (including phenoxy) is 1. The molecule has 0 radical (unpaired) electrons. The predicted molar refractivity (Wildman–Crippen MR) is 85.2 cm³/mol. The molecule has 2 N–H and O–H groups in total. The van der Waals surface area contributed by atoms with Gasteiger partial charge < -0.3 is 15.4 Å². The molecule has 0 aromatic heterocycles. The smallest absolute Gasteiger partial charge is 0.249 e. The molecule has 4 nitrogen and oxygen atoms in total. The lowest BCUT2D eigenvalue weighted by Gasteiger charge is -2.33. The Morgan fingerprint density at radius 3 is 2.81 bits per heavy atom. The van der Waals surface area contributed by atoms with E-state index in [0.717, 1.165) is 44.7 Å². The van der Waals surface area contributed by atoms with Crippen molar-refractivity contribution in [3.63, 3.8) is 0 Å². The van der Waals surface area contributed by atoms with Crippen LogP contribution in [0.1, 0.15) is 59.3 Å². The number of amides is 1. The molecule has 0 aromatic rings. The molecule has 1 amide bonds. The van der Waals surface area contributed by atoms with E-state index in [4.69, 9.17) is 4.74 Å². The molecule has 0 aromatic carbocycles. The summed E-state index contributed by atoms with van der Waals surface area (Å²) in [7, 11) is 0. The third-order valence-corrected chi connectivity index (χ3v) is 5.06. The molecule has 1 saturated heterocycles. The Kier molecular flexibility index (Phi) is 6.49. The minimum Gasteiger partial charge on any atom is -0.365 e. The number of hydrogen-bond donors (Lipinski definition) is 2. The molecule has 0 bridgehead atoms. The van der Waals surface area contributed by atoms with Crippen molar-refractivity contribution >= 4 is 5.91 Å². The number of nitrogens with one attached hydrogen (secondary N) is 2. The van der Waals surface area contributed by atoms with Crippen molar-refractivity contribution in [1.29, 1.82) is 0 Å². The second kappa shape index (κ2) is 8.14. The fraction of sp³-hybridized carbons (Fsp3) is 0.941. The lowest BCUT2D eigenvalue weighted by Crippen LogP contribution is -2.53. The van der Waals surface area contributed by atoms with Gasteiger partial charge in [-0.1, -0.05) is 33.6 Å². The van der Waals surface area contributed by atoms with Crippen molar-refractivity contribution in [2.24, 2.45) is 11.8 Å². The minimum atomic E-state index is -0.283. The molecular weight excluding hydrogens is 264 g/mol. The van der Waals surface area contributed by atoms with Gasteiger partial charge >= 0.3 is 0 Å². The maximum absolute atomic E-state index is 12.5. The summed E-state index contributed by atoms with van der Waals surface area (Å²) >= 11 is 0. The van der Waals surface area contributed by atoms with Crippen LogP contribution in [-0.2, 0) is 9.53 Å². The Morgan fingerprint density at radius 2 is 2.14 bits per heavy atom. The maximum atomic E-state index is 12.5. The topological polar surface area (TPSA) is 50.4 Å². The van der Waals surface area contributed by atoms with E-state index in [1.165, 1.54) is 12.8 Å². The monoisotopic (exact) mass is 296 g/mol. The van der Waals surface area contributed by atoms with Crippen LogP contribution in [0, 0.1) is 11.8 Å². The maximum Gasteiger partial charge on any atom is 0.249 e. The van der Waals surface area contributed by atoms with Crippen molar-refractivity contribution in [1.82, 2.24) is 10.6 Å². The molecule has 1 saturated carbocycles. The van der Waals surface area contributed by atoms with E-state index in [1.54, 1.807) is 0 Å². The summed E-state index contributed by atoms with van der Waals surface area (Å²) in [5.74, 6) is 1.35. The summed E-state index contributed by atoms with van der Waals surface area (Å²) in [4.78, 5) is 12.5. The van der Waals surface area contributed by atoms with Gasteiger partial charge in [-0.25, -0.2) is 0 Å². The predicted octanol–water partition coefficient (Wildman–Crippen LogP) is 2.47. The van der Waals surface area contributed by atoms with Crippen LogP contribution in [0.2, 0.25) is 0 Å². The van der Waals surface area contributed by atoms with Crippen molar-refractivity contribution in [3.05, 3.63) is 0 Å². The van der Waals surface area contributed by atoms with E-state index in [0.29, 0.717) is 5.92 Å². The Hall–Kier alpha value is -0.610. The third-order valence-electron chi connectivity index (χ3n) is 5.06. The highest BCUT2D eigenvalue weighted by Gasteiger charge is 2.29. The highest BCUT2D eigenvalue weighted by molar-refractivity contribution is 5.81. The zero-order valence-electron chi connectivity index (χ0n) is 13.9. The number of piperidine rings is 1. The first kappa shape index (κ1) is 16.8. The van der Waals surface area contributed by atoms with E-state index in [2.05, 4.69) is 24.5 Å². The minimum absolute atomic E-state index is 0.0799. The van der Waals surface area contributed by atoms with Gasteiger partial charge in [-0.3, -0.25) is 4.79 Å². The van der Waals surface area contributed by atoms with Crippen LogP contribution in [0.5, 0.6) is 0 Å². The Balaban J connectivity index is 1.83. The second-order valence-electron chi connectivity index (χ2n) is 7.01. The van der Waals surface area contributed by atoms with E-state index in [9.17, 15) is 4.79 Å². The zero-order chi connectivity index (χ0) is 15.2. The Morgan fingerprint density at radius 1 is 1.33 bits per heavy atom. The molecule has 2 rings (SSSR count).